The highest BCUT2D eigenvalue weighted by molar-refractivity contribution is 5.88. The van der Waals surface area contributed by atoms with Gasteiger partial charge in [-0.25, -0.2) is 4.79 Å². The van der Waals surface area contributed by atoms with E-state index in [1.54, 1.807) is 12.3 Å². The summed E-state index contributed by atoms with van der Waals surface area (Å²) in [5.74, 6) is -0.457. The third-order valence-electron chi connectivity index (χ3n) is 3.18. The van der Waals surface area contributed by atoms with E-state index in [0.717, 1.165) is 0 Å². The molecule has 0 spiro atoms. The molecule has 1 fully saturated rings. The quantitative estimate of drug-likeness (QED) is 0.549. The molecule has 2 rings (SSSR count). The molecule has 19 heavy (non-hydrogen) atoms. The highest BCUT2D eigenvalue weighted by atomic mass is 16.6. The second-order valence-electron chi connectivity index (χ2n) is 4.41. The summed E-state index contributed by atoms with van der Waals surface area (Å²) < 4.78 is 9.99. The van der Waals surface area contributed by atoms with Crippen LogP contribution in [0.1, 0.15) is 6.42 Å². The Labute approximate surface area is 110 Å². The monoisotopic (exact) mass is 271 g/mol. The number of nitrogens with zero attached hydrogens (tertiary/aromatic N) is 1. The molecule has 0 bridgehead atoms. The third kappa shape index (κ3) is 2.64. The van der Waals surface area contributed by atoms with Gasteiger partial charge in [0.05, 0.1) is 19.3 Å². The van der Waals surface area contributed by atoms with Gasteiger partial charge < -0.3 is 29.7 Å². The number of rotatable bonds is 3. The minimum absolute atomic E-state index is 0.389. The number of esters is 1. The molecule has 4 atom stereocenters. The van der Waals surface area contributed by atoms with Gasteiger partial charge in [-0.1, -0.05) is 6.08 Å². The van der Waals surface area contributed by atoms with Crippen molar-refractivity contribution < 1.29 is 29.6 Å². The number of ether oxygens (including phenoxy) is 2. The lowest BCUT2D eigenvalue weighted by Gasteiger charge is -2.28. The molecular weight excluding hydrogens is 254 g/mol. The van der Waals surface area contributed by atoms with Crippen LogP contribution >= 0.6 is 0 Å². The van der Waals surface area contributed by atoms with Gasteiger partial charge in [0.1, 0.15) is 18.3 Å². The van der Waals surface area contributed by atoms with Crippen molar-refractivity contribution in [2.75, 3.05) is 13.7 Å². The predicted molar refractivity (Wildman–Crippen MR) is 63.5 cm³/mol. The molecule has 0 aromatic heterocycles. The van der Waals surface area contributed by atoms with Gasteiger partial charge in [0, 0.05) is 18.8 Å². The van der Waals surface area contributed by atoms with Gasteiger partial charge in [-0.2, -0.15) is 0 Å². The molecule has 2 aliphatic heterocycles. The highest BCUT2D eigenvalue weighted by Crippen LogP contribution is 2.27. The Kier molecular flexibility index (Phi) is 4.20. The summed E-state index contributed by atoms with van der Waals surface area (Å²) >= 11 is 0. The number of hydrogen-bond donors (Lipinski definition) is 3. The fourth-order valence-electron chi connectivity index (χ4n) is 2.13. The number of aliphatic hydroxyl groups is 3. The van der Waals surface area contributed by atoms with Gasteiger partial charge in [-0.15, -0.1) is 0 Å². The third-order valence-corrected chi connectivity index (χ3v) is 3.18. The van der Waals surface area contributed by atoms with Crippen molar-refractivity contribution in [2.45, 2.75) is 31.0 Å². The maximum Gasteiger partial charge on any atom is 0.335 e. The van der Waals surface area contributed by atoms with E-state index in [0.29, 0.717) is 12.0 Å². The first-order chi connectivity index (χ1) is 9.08. The molecule has 0 amide bonds. The average molecular weight is 271 g/mol. The maximum atomic E-state index is 11.4. The Morgan fingerprint density at radius 3 is 2.84 bits per heavy atom. The molecule has 7 heteroatoms. The molecule has 0 radical (unpaired) electrons. The first-order valence-corrected chi connectivity index (χ1v) is 5.94. The van der Waals surface area contributed by atoms with Crippen molar-refractivity contribution >= 4 is 5.97 Å². The number of methoxy groups -OCH3 is 1. The molecule has 2 heterocycles. The van der Waals surface area contributed by atoms with Crippen LogP contribution in [-0.4, -0.2) is 64.4 Å². The number of hydrogen-bond acceptors (Lipinski definition) is 7. The molecule has 0 saturated carbocycles. The summed E-state index contributed by atoms with van der Waals surface area (Å²) in [6, 6.07) is 0. The van der Waals surface area contributed by atoms with E-state index in [2.05, 4.69) is 4.74 Å². The molecule has 0 aliphatic carbocycles. The lowest BCUT2D eigenvalue weighted by molar-refractivity contribution is -0.136. The Morgan fingerprint density at radius 1 is 1.53 bits per heavy atom. The zero-order valence-electron chi connectivity index (χ0n) is 10.5. The molecule has 2 aliphatic rings. The molecule has 7 nitrogen and oxygen atoms in total. The van der Waals surface area contributed by atoms with E-state index in [1.807, 2.05) is 0 Å². The van der Waals surface area contributed by atoms with Crippen molar-refractivity contribution in [1.82, 2.24) is 4.90 Å². The van der Waals surface area contributed by atoms with E-state index in [9.17, 15) is 15.0 Å². The normalized spacial score (nSPS) is 34.3. The van der Waals surface area contributed by atoms with E-state index >= 15 is 0 Å². The second kappa shape index (κ2) is 5.70. The molecule has 1 unspecified atom stereocenters. The summed E-state index contributed by atoms with van der Waals surface area (Å²) in [6.45, 7) is -0.389. The van der Waals surface area contributed by atoms with Crippen LogP contribution in [0.15, 0.2) is 24.0 Å². The summed E-state index contributed by atoms with van der Waals surface area (Å²) in [5.41, 5.74) is 0.419. The Hall–Kier alpha value is -1.41. The molecule has 0 aromatic rings. The van der Waals surface area contributed by atoms with Crippen molar-refractivity contribution in [3.8, 4) is 0 Å². The van der Waals surface area contributed by atoms with Crippen LogP contribution in [0.4, 0.5) is 0 Å². The van der Waals surface area contributed by atoms with Gasteiger partial charge in [0.25, 0.3) is 0 Å². The summed E-state index contributed by atoms with van der Waals surface area (Å²) in [7, 11) is 1.29. The minimum Gasteiger partial charge on any atom is -0.466 e. The van der Waals surface area contributed by atoms with E-state index < -0.39 is 30.5 Å². The van der Waals surface area contributed by atoms with Gasteiger partial charge in [0.15, 0.2) is 6.23 Å². The van der Waals surface area contributed by atoms with Crippen molar-refractivity contribution in [1.29, 1.82) is 0 Å². The number of allylic oxidation sites excluding steroid dienone is 1. The first kappa shape index (κ1) is 14.0. The molecular formula is C12H17NO6. The highest BCUT2D eigenvalue weighted by Gasteiger charge is 2.44. The van der Waals surface area contributed by atoms with Crippen LogP contribution in [0.3, 0.4) is 0 Å². The van der Waals surface area contributed by atoms with E-state index in [-0.39, 0.29) is 6.61 Å². The Balaban J connectivity index is 2.14. The maximum absolute atomic E-state index is 11.4. The minimum atomic E-state index is -1.17. The van der Waals surface area contributed by atoms with Crippen molar-refractivity contribution in [3.05, 3.63) is 24.0 Å². The number of carbonyl (C=O) groups is 1. The van der Waals surface area contributed by atoms with Crippen LogP contribution in [0, 0.1) is 0 Å². The number of carbonyl (C=O) groups excluding carboxylic acids is 1. The van der Waals surface area contributed by atoms with Crippen LogP contribution in [0.25, 0.3) is 0 Å². The Morgan fingerprint density at radius 2 is 2.26 bits per heavy atom. The SMILES string of the molecule is COC(=O)C1=CN([C@@H]2O[C@H](CO)[C@H](O)C2O)C=CC1. The fraction of sp³-hybridized carbons (Fsp3) is 0.583. The summed E-state index contributed by atoms with van der Waals surface area (Å²) in [6.07, 6.45) is 1.28. The van der Waals surface area contributed by atoms with Gasteiger partial charge in [0.2, 0.25) is 0 Å². The summed E-state index contributed by atoms with van der Waals surface area (Å²) in [4.78, 5) is 12.9. The van der Waals surface area contributed by atoms with Gasteiger partial charge in [-0.05, 0) is 0 Å². The molecule has 0 aromatic carbocycles. The zero-order chi connectivity index (χ0) is 14.0. The van der Waals surface area contributed by atoms with Crippen molar-refractivity contribution in [3.63, 3.8) is 0 Å². The largest absolute Gasteiger partial charge is 0.466 e. The van der Waals surface area contributed by atoms with Crippen LogP contribution < -0.4 is 0 Å². The van der Waals surface area contributed by atoms with E-state index in [4.69, 9.17) is 9.84 Å². The molecule has 1 saturated heterocycles. The molecule has 106 valence electrons. The van der Waals surface area contributed by atoms with Gasteiger partial charge >= 0.3 is 5.97 Å². The lowest BCUT2D eigenvalue weighted by Crippen LogP contribution is -2.40. The molecule has 3 N–H and O–H groups in total. The van der Waals surface area contributed by atoms with E-state index in [1.165, 1.54) is 18.2 Å². The zero-order valence-corrected chi connectivity index (χ0v) is 10.5. The van der Waals surface area contributed by atoms with Crippen LogP contribution in [0.5, 0.6) is 0 Å². The smallest absolute Gasteiger partial charge is 0.335 e. The van der Waals surface area contributed by atoms with Crippen LogP contribution in [-0.2, 0) is 14.3 Å². The summed E-state index contributed by atoms with van der Waals surface area (Å²) in [5, 5.41) is 28.6. The average Bonchev–Trinajstić information content (AvgIpc) is 2.74. The lowest BCUT2D eigenvalue weighted by atomic mass is 10.1. The topological polar surface area (TPSA) is 99.5 Å². The number of aliphatic hydroxyl groups excluding tert-OH is 3. The standard InChI is InChI=1S/C12H17NO6/c1-18-12(17)7-3-2-4-13(5-7)11-10(16)9(15)8(6-14)19-11/h2,4-5,8-11,14-16H,3,6H2,1H3/t8-,9+,10?,11-/m1/s1. The van der Waals surface area contributed by atoms with Gasteiger partial charge in [-0.3, -0.25) is 0 Å². The fourth-order valence-corrected chi connectivity index (χ4v) is 2.13. The van der Waals surface area contributed by atoms with Crippen LogP contribution in [0.2, 0.25) is 0 Å². The second-order valence-corrected chi connectivity index (χ2v) is 4.41. The predicted octanol–water partition coefficient (Wildman–Crippen LogP) is -1.30. The van der Waals surface area contributed by atoms with Crippen molar-refractivity contribution in [2.24, 2.45) is 0 Å². The Bertz CT molecular complexity index is 407. The first-order valence-electron chi connectivity index (χ1n) is 5.94.